The minimum Gasteiger partial charge on any atom is -0.479 e. The average Bonchev–Trinajstić information content (AvgIpc) is 2.50. The van der Waals surface area contributed by atoms with Crippen LogP contribution in [0.1, 0.15) is 24.2 Å². The van der Waals surface area contributed by atoms with Crippen LogP contribution in [0.4, 0.5) is 5.69 Å². The molecule has 114 valence electrons. The molecule has 0 saturated carbocycles. The second kappa shape index (κ2) is 7.09. The van der Waals surface area contributed by atoms with E-state index in [4.69, 9.17) is 16.3 Å². The van der Waals surface area contributed by atoms with E-state index in [2.05, 4.69) is 5.32 Å². The van der Waals surface area contributed by atoms with Crippen LogP contribution in [0.25, 0.3) is 0 Å². The highest BCUT2D eigenvalue weighted by atomic mass is 35.5. The SMILES string of the molecule is CC(=O)c1ccc(NC(=O)C(C)Oc2ccccc2Cl)cc1. The number of halogens is 1. The highest BCUT2D eigenvalue weighted by Gasteiger charge is 2.16. The number of ketones is 1. The first-order valence-corrected chi connectivity index (χ1v) is 7.18. The second-order valence-corrected chi connectivity index (χ2v) is 5.22. The van der Waals surface area contributed by atoms with Crippen molar-refractivity contribution in [2.75, 3.05) is 5.32 Å². The number of benzene rings is 2. The van der Waals surface area contributed by atoms with Crippen LogP contribution in [0.15, 0.2) is 48.5 Å². The highest BCUT2D eigenvalue weighted by molar-refractivity contribution is 6.32. The van der Waals surface area contributed by atoms with Crippen molar-refractivity contribution in [3.8, 4) is 5.75 Å². The Morgan fingerprint density at radius 1 is 1.09 bits per heavy atom. The van der Waals surface area contributed by atoms with E-state index in [1.807, 2.05) is 0 Å². The number of anilines is 1. The number of ether oxygens (including phenoxy) is 1. The molecule has 0 fully saturated rings. The quantitative estimate of drug-likeness (QED) is 0.850. The van der Waals surface area contributed by atoms with Crippen molar-refractivity contribution >= 4 is 29.0 Å². The molecule has 2 aromatic carbocycles. The molecule has 0 radical (unpaired) electrons. The third kappa shape index (κ3) is 4.09. The standard InChI is InChI=1S/C17H16ClNO3/c1-11(20)13-7-9-14(10-8-13)19-17(21)12(2)22-16-6-4-3-5-15(16)18/h3-10,12H,1-2H3,(H,19,21). The number of para-hydroxylation sites is 1. The van der Waals surface area contributed by atoms with Gasteiger partial charge >= 0.3 is 0 Å². The van der Waals surface area contributed by atoms with Gasteiger partial charge in [-0.25, -0.2) is 0 Å². The Morgan fingerprint density at radius 3 is 2.32 bits per heavy atom. The molecule has 0 aliphatic carbocycles. The van der Waals surface area contributed by atoms with Crippen LogP contribution < -0.4 is 10.1 Å². The molecule has 0 spiro atoms. The Hall–Kier alpha value is -2.33. The van der Waals surface area contributed by atoms with Crippen LogP contribution in [-0.2, 0) is 4.79 Å². The summed E-state index contributed by atoms with van der Waals surface area (Å²) in [5.74, 6) is 0.141. The number of amides is 1. The molecule has 5 heteroatoms. The fourth-order valence-electron chi connectivity index (χ4n) is 1.82. The summed E-state index contributed by atoms with van der Waals surface area (Å²) in [6, 6.07) is 13.7. The van der Waals surface area contributed by atoms with E-state index in [0.717, 1.165) is 0 Å². The van der Waals surface area contributed by atoms with Gasteiger partial charge in [0.25, 0.3) is 5.91 Å². The lowest BCUT2D eigenvalue weighted by Crippen LogP contribution is -2.30. The minimum atomic E-state index is -0.701. The van der Waals surface area contributed by atoms with Crippen molar-refractivity contribution in [1.29, 1.82) is 0 Å². The van der Waals surface area contributed by atoms with Gasteiger partial charge in [-0.05, 0) is 50.2 Å². The van der Waals surface area contributed by atoms with Gasteiger partial charge in [-0.15, -0.1) is 0 Å². The molecule has 0 aliphatic rings. The Morgan fingerprint density at radius 2 is 1.73 bits per heavy atom. The number of hydrogen-bond donors (Lipinski definition) is 1. The minimum absolute atomic E-state index is 0.0201. The maximum Gasteiger partial charge on any atom is 0.265 e. The molecule has 2 rings (SSSR count). The topological polar surface area (TPSA) is 55.4 Å². The zero-order chi connectivity index (χ0) is 16.1. The molecular weight excluding hydrogens is 302 g/mol. The van der Waals surface area contributed by atoms with Crippen molar-refractivity contribution in [3.63, 3.8) is 0 Å². The van der Waals surface area contributed by atoms with Gasteiger partial charge in [0.05, 0.1) is 5.02 Å². The first kappa shape index (κ1) is 16.0. The van der Waals surface area contributed by atoms with E-state index in [1.54, 1.807) is 55.5 Å². The fraction of sp³-hybridized carbons (Fsp3) is 0.176. The van der Waals surface area contributed by atoms with Crippen molar-refractivity contribution in [3.05, 3.63) is 59.1 Å². The van der Waals surface area contributed by atoms with Crippen molar-refractivity contribution < 1.29 is 14.3 Å². The molecule has 0 heterocycles. The van der Waals surface area contributed by atoms with Gasteiger partial charge in [-0.1, -0.05) is 23.7 Å². The summed E-state index contributed by atoms with van der Waals surface area (Å²) in [6.45, 7) is 3.13. The van der Waals surface area contributed by atoms with Gasteiger partial charge in [0.15, 0.2) is 11.9 Å². The molecule has 0 saturated heterocycles. The second-order valence-electron chi connectivity index (χ2n) is 4.81. The van der Waals surface area contributed by atoms with Gasteiger partial charge in [0.2, 0.25) is 0 Å². The molecular formula is C17H16ClNO3. The first-order chi connectivity index (χ1) is 10.5. The molecule has 1 amide bonds. The predicted molar refractivity (Wildman–Crippen MR) is 86.6 cm³/mol. The maximum atomic E-state index is 12.1. The van der Waals surface area contributed by atoms with Crippen LogP contribution >= 0.6 is 11.6 Å². The summed E-state index contributed by atoms with van der Waals surface area (Å²) in [5.41, 5.74) is 1.20. The van der Waals surface area contributed by atoms with Gasteiger partial charge < -0.3 is 10.1 Å². The Kier molecular flexibility index (Phi) is 5.17. The molecule has 0 aromatic heterocycles. The molecule has 4 nitrogen and oxygen atoms in total. The fourth-order valence-corrected chi connectivity index (χ4v) is 2.00. The molecule has 1 unspecified atom stereocenters. The molecule has 1 N–H and O–H groups in total. The molecule has 0 aliphatic heterocycles. The summed E-state index contributed by atoms with van der Waals surface area (Å²) in [7, 11) is 0. The largest absolute Gasteiger partial charge is 0.479 e. The lowest BCUT2D eigenvalue weighted by Gasteiger charge is -2.15. The Bertz CT molecular complexity index is 683. The number of carbonyl (C=O) groups is 2. The lowest BCUT2D eigenvalue weighted by atomic mass is 10.1. The number of rotatable bonds is 5. The molecule has 22 heavy (non-hydrogen) atoms. The monoisotopic (exact) mass is 317 g/mol. The van der Waals surface area contributed by atoms with E-state index >= 15 is 0 Å². The van der Waals surface area contributed by atoms with Gasteiger partial charge in [0, 0.05) is 11.3 Å². The van der Waals surface area contributed by atoms with E-state index in [1.165, 1.54) is 6.92 Å². The third-order valence-electron chi connectivity index (χ3n) is 3.07. The average molecular weight is 318 g/mol. The lowest BCUT2D eigenvalue weighted by molar-refractivity contribution is -0.122. The van der Waals surface area contributed by atoms with E-state index < -0.39 is 6.10 Å². The van der Waals surface area contributed by atoms with Crippen LogP contribution in [-0.4, -0.2) is 17.8 Å². The molecule has 0 bridgehead atoms. The van der Waals surface area contributed by atoms with Crippen molar-refractivity contribution in [1.82, 2.24) is 0 Å². The van der Waals surface area contributed by atoms with Crippen LogP contribution in [0, 0.1) is 0 Å². The predicted octanol–water partition coefficient (Wildman–Crippen LogP) is 3.95. The van der Waals surface area contributed by atoms with E-state index in [-0.39, 0.29) is 11.7 Å². The zero-order valence-corrected chi connectivity index (χ0v) is 13.1. The summed E-state index contributed by atoms with van der Waals surface area (Å²) >= 11 is 5.99. The molecule has 2 aromatic rings. The first-order valence-electron chi connectivity index (χ1n) is 6.80. The maximum absolute atomic E-state index is 12.1. The van der Waals surface area contributed by atoms with E-state index in [0.29, 0.717) is 22.0 Å². The summed E-state index contributed by atoms with van der Waals surface area (Å²) in [5, 5.41) is 3.18. The van der Waals surface area contributed by atoms with Crippen LogP contribution in [0.2, 0.25) is 5.02 Å². The smallest absolute Gasteiger partial charge is 0.265 e. The summed E-state index contributed by atoms with van der Waals surface area (Å²) in [6.07, 6.45) is -0.701. The number of hydrogen-bond acceptors (Lipinski definition) is 3. The Labute approximate surface area is 134 Å². The van der Waals surface area contributed by atoms with Crippen molar-refractivity contribution in [2.45, 2.75) is 20.0 Å². The third-order valence-corrected chi connectivity index (χ3v) is 3.38. The van der Waals surface area contributed by atoms with Gasteiger partial charge in [0.1, 0.15) is 5.75 Å². The van der Waals surface area contributed by atoms with Crippen molar-refractivity contribution in [2.24, 2.45) is 0 Å². The highest BCUT2D eigenvalue weighted by Crippen LogP contribution is 2.24. The van der Waals surface area contributed by atoms with Gasteiger partial charge in [-0.3, -0.25) is 9.59 Å². The summed E-state index contributed by atoms with van der Waals surface area (Å²) < 4.78 is 5.54. The van der Waals surface area contributed by atoms with Crippen LogP contribution in [0.5, 0.6) is 5.75 Å². The Balaban J connectivity index is 1.99. The zero-order valence-electron chi connectivity index (χ0n) is 12.3. The number of carbonyl (C=O) groups excluding carboxylic acids is 2. The normalized spacial score (nSPS) is 11.6. The number of Topliss-reactive ketones (excluding diaryl/α,β-unsaturated/α-hetero) is 1. The van der Waals surface area contributed by atoms with E-state index in [9.17, 15) is 9.59 Å². The number of nitrogens with one attached hydrogen (secondary N) is 1. The van der Waals surface area contributed by atoms with Crippen LogP contribution in [0.3, 0.4) is 0 Å². The summed E-state index contributed by atoms with van der Waals surface area (Å²) in [4.78, 5) is 23.3. The van der Waals surface area contributed by atoms with Gasteiger partial charge in [-0.2, -0.15) is 0 Å². The molecule has 1 atom stereocenters.